The van der Waals surface area contributed by atoms with Crippen LogP contribution >= 0.6 is 0 Å². The number of hydrogen-bond acceptors (Lipinski definition) is 6. The minimum Gasteiger partial charge on any atom is -0.492 e. The molecule has 1 N–H and O–H groups in total. The van der Waals surface area contributed by atoms with E-state index >= 15 is 0 Å². The minimum absolute atomic E-state index is 0.694. The van der Waals surface area contributed by atoms with Crippen LogP contribution in [-0.4, -0.2) is 54.7 Å². The van der Waals surface area contributed by atoms with E-state index in [4.69, 9.17) is 9.72 Å². The van der Waals surface area contributed by atoms with Gasteiger partial charge in [0.1, 0.15) is 11.6 Å². The molecule has 0 saturated carbocycles. The first kappa shape index (κ1) is 18.9. The van der Waals surface area contributed by atoms with Gasteiger partial charge in [-0.3, -0.25) is 4.98 Å². The molecule has 1 aromatic carbocycles. The fourth-order valence-electron chi connectivity index (χ4n) is 4.21. The van der Waals surface area contributed by atoms with Crippen LogP contribution in [-0.2, 0) is 13.0 Å². The molecule has 30 heavy (non-hydrogen) atoms. The number of hydrogen-bond donors (Lipinski definition) is 1. The maximum atomic E-state index is 5.99. The Balaban J connectivity index is 1.37. The van der Waals surface area contributed by atoms with Gasteiger partial charge in [-0.15, -0.1) is 0 Å². The van der Waals surface area contributed by atoms with E-state index in [0.29, 0.717) is 13.2 Å². The van der Waals surface area contributed by atoms with Crippen molar-refractivity contribution in [1.82, 2.24) is 14.9 Å². The maximum Gasteiger partial charge on any atom is 0.135 e. The topological polar surface area (TPSA) is 53.5 Å². The normalized spacial score (nSPS) is 16.2. The maximum absolute atomic E-state index is 5.99. The predicted molar refractivity (Wildman–Crippen MR) is 119 cm³/mol. The van der Waals surface area contributed by atoms with Crippen LogP contribution in [0.4, 0.5) is 11.5 Å². The molecule has 153 valence electrons. The molecule has 1 fully saturated rings. The predicted octanol–water partition coefficient (Wildman–Crippen LogP) is 3.24. The summed E-state index contributed by atoms with van der Waals surface area (Å²) in [5.74, 6) is 1.85. The van der Waals surface area contributed by atoms with Crippen LogP contribution in [0.3, 0.4) is 0 Å². The van der Waals surface area contributed by atoms with Gasteiger partial charge in [0, 0.05) is 74.5 Å². The van der Waals surface area contributed by atoms with E-state index in [1.54, 1.807) is 12.4 Å². The second-order valence-electron chi connectivity index (χ2n) is 7.86. The summed E-state index contributed by atoms with van der Waals surface area (Å²) in [5.41, 5.74) is 5.80. The fourth-order valence-corrected chi connectivity index (χ4v) is 4.21. The Labute approximate surface area is 177 Å². The molecule has 2 aromatic heterocycles. The Morgan fingerprint density at radius 3 is 2.80 bits per heavy atom. The molecule has 0 bridgehead atoms. The van der Waals surface area contributed by atoms with Gasteiger partial charge in [-0.2, -0.15) is 0 Å². The Morgan fingerprint density at radius 2 is 1.97 bits per heavy atom. The zero-order valence-electron chi connectivity index (χ0n) is 17.3. The molecule has 0 aliphatic carbocycles. The smallest absolute Gasteiger partial charge is 0.135 e. The average Bonchev–Trinajstić information content (AvgIpc) is 3.29. The summed E-state index contributed by atoms with van der Waals surface area (Å²) in [6.45, 7) is 5.69. The Kier molecular flexibility index (Phi) is 5.24. The van der Waals surface area contributed by atoms with Crippen molar-refractivity contribution in [3.8, 4) is 16.9 Å². The molecule has 0 unspecified atom stereocenters. The lowest BCUT2D eigenvalue weighted by atomic mass is 10.0. The largest absolute Gasteiger partial charge is 0.492 e. The standard InChI is InChI=1S/C24H26N5O/c1-28-11-13-29(14-12-28)22-5-3-2-4-19(22)16-26-24-20-8-15-30-23(20)21(17-27-24)18-6-9-25-10-7-18/h3-7,9-10,17H,8,11-16H2,1H3,(H,26,27). The molecular weight excluding hydrogens is 374 g/mol. The van der Waals surface area contributed by atoms with Crippen LogP contribution in [0.25, 0.3) is 11.1 Å². The Bertz CT molecular complexity index is 1020. The van der Waals surface area contributed by atoms with Crippen molar-refractivity contribution in [3.63, 3.8) is 0 Å². The molecule has 0 spiro atoms. The van der Waals surface area contributed by atoms with Crippen molar-refractivity contribution in [1.29, 1.82) is 0 Å². The summed E-state index contributed by atoms with van der Waals surface area (Å²) >= 11 is 0. The van der Waals surface area contributed by atoms with Crippen LogP contribution in [0.1, 0.15) is 11.1 Å². The van der Waals surface area contributed by atoms with Crippen LogP contribution in [0.15, 0.2) is 48.9 Å². The number of anilines is 2. The van der Waals surface area contributed by atoms with Gasteiger partial charge in [0.05, 0.1) is 6.61 Å². The van der Waals surface area contributed by atoms with Gasteiger partial charge in [-0.25, -0.2) is 4.98 Å². The molecule has 6 heteroatoms. The van der Waals surface area contributed by atoms with E-state index < -0.39 is 0 Å². The van der Waals surface area contributed by atoms with Crippen LogP contribution < -0.4 is 15.0 Å². The van der Waals surface area contributed by atoms with Gasteiger partial charge in [-0.1, -0.05) is 6.07 Å². The van der Waals surface area contributed by atoms with Crippen molar-refractivity contribution in [2.24, 2.45) is 0 Å². The first-order valence-electron chi connectivity index (χ1n) is 10.5. The van der Waals surface area contributed by atoms with Crippen molar-refractivity contribution in [2.75, 3.05) is 50.1 Å². The van der Waals surface area contributed by atoms with Gasteiger partial charge in [0.15, 0.2) is 0 Å². The number of nitrogens with one attached hydrogen (secondary N) is 1. The van der Waals surface area contributed by atoms with Crippen LogP contribution in [0, 0.1) is 6.07 Å². The quantitative estimate of drug-likeness (QED) is 0.710. The second kappa shape index (κ2) is 8.32. The summed E-state index contributed by atoms with van der Waals surface area (Å²) in [7, 11) is 2.18. The lowest BCUT2D eigenvalue weighted by Gasteiger charge is -2.35. The lowest BCUT2D eigenvalue weighted by molar-refractivity contribution is 0.312. The molecule has 6 nitrogen and oxygen atoms in total. The number of piperazine rings is 1. The molecule has 2 aliphatic heterocycles. The van der Waals surface area contributed by atoms with E-state index in [-0.39, 0.29) is 0 Å². The highest BCUT2D eigenvalue weighted by atomic mass is 16.5. The molecule has 5 rings (SSSR count). The van der Waals surface area contributed by atoms with Crippen LogP contribution in [0.5, 0.6) is 5.75 Å². The second-order valence-corrected chi connectivity index (χ2v) is 7.86. The number of likely N-dealkylation sites (N-methyl/N-ethyl adjacent to an activating group) is 1. The molecule has 0 atom stereocenters. The van der Waals surface area contributed by atoms with Crippen molar-refractivity contribution in [3.05, 3.63) is 66.1 Å². The number of ether oxygens (including phenoxy) is 1. The number of pyridine rings is 2. The molecule has 0 amide bonds. The Hall–Kier alpha value is -3.12. The SMILES string of the molecule is CN1CCN(c2cc[c]cc2CNc2ncc(-c3ccncc3)c3c2CCO3)CC1. The van der Waals surface area contributed by atoms with Crippen molar-refractivity contribution < 1.29 is 4.74 Å². The minimum atomic E-state index is 0.694. The number of nitrogens with zero attached hydrogens (tertiary/aromatic N) is 4. The number of benzene rings is 1. The third-order valence-corrected chi connectivity index (χ3v) is 5.93. The highest BCUT2D eigenvalue weighted by Crippen LogP contribution is 2.39. The number of aromatic nitrogens is 2. The summed E-state index contributed by atoms with van der Waals surface area (Å²) < 4.78 is 5.99. The van der Waals surface area contributed by atoms with Crippen LogP contribution in [0.2, 0.25) is 0 Å². The van der Waals surface area contributed by atoms with Gasteiger partial charge in [0.2, 0.25) is 0 Å². The van der Waals surface area contributed by atoms with Gasteiger partial charge in [-0.05, 0) is 48.5 Å². The lowest BCUT2D eigenvalue weighted by Crippen LogP contribution is -2.44. The van der Waals surface area contributed by atoms with E-state index in [0.717, 1.165) is 60.9 Å². The molecule has 1 saturated heterocycles. The van der Waals surface area contributed by atoms with Crippen molar-refractivity contribution in [2.45, 2.75) is 13.0 Å². The molecule has 3 aromatic rings. The van der Waals surface area contributed by atoms with E-state index in [1.807, 2.05) is 24.4 Å². The zero-order valence-corrected chi connectivity index (χ0v) is 17.3. The van der Waals surface area contributed by atoms with E-state index in [9.17, 15) is 0 Å². The summed E-state index contributed by atoms with van der Waals surface area (Å²) in [5, 5.41) is 3.57. The summed E-state index contributed by atoms with van der Waals surface area (Å²) in [4.78, 5) is 13.7. The van der Waals surface area contributed by atoms with Gasteiger partial charge in [0.25, 0.3) is 0 Å². The van der Waals surface area contributed by atoms with E-state index in [1.165, 1.54) is 11.3 Å². The van der Waals surface area contributed by atoms with E-state index in [2.05, 4.69) is 45.3 Å². The molecular formula is C24H26N5O. The van der Waals surface area contributed by atoms with Gasteiger partial charge < -0.3 is 19.9 Å². The molecule has 1 radical (unpaired) electrons. The van der Waals surface area contributed by atoms with Gasteiger partial charge >= 0.3 is 0 Å². The third kappa shape index (κ3) is 3.71. The first-order valence-corrected chi connectivity index (χ1v) is 10.5. The highest BCUT2D eigenvalue weighted by molar-refractivity contribution is 5.75. The number of fused-ring (bicyclic) bond motifs is 1. The molecule has 4 heterocycles. The van der Waals surface area contributed by atoms with Crippen molar-refractivity contribution >= 4 is 11.5 Å². The Morgan fingerprint density at radius 1 is 1.13 bits per heavy atom. The monoisotopic (exact) mass is 400 g/mol. The average molecular weight is 401 g/mol. The highest BCUT2D eigenvalue weighted by Gasteiger charge is 2.23. The zero-order chi connectivity index (χ0) is 20.3. The summed E-state index contributed by atoms with van der Waals surface area (Å²) in [6, 6.07) is 13.5. The fraction of sp³-hybridized carbons (Fsp3) is 0.333. The summed E-state index contributed by atoms with van der Waals surface area (Å²) in [6.07, 6.45) is 6.37. The first-order chi connectivity index (χ1) is 14.8. The third-order valence-electron chi connectivity index (χ3n) is 5.93. The number of rotatable bonds is 5. The molecule has 2 aliphatic rings.